The fourth-order valence-electron chi connectivity index (χ4n) is 3.78. The van der Waals surface area contributed by atoms with Crippen LogP contribution >= 0.6 is 23.2 Å². The number of ketones is 1. The third-order valence-corrected chi connectivity index (χ3v) is 5.91. The largest absolute Gasteiger partial charge is 0.480 e. The Hall–Kier alpha value is -1.85. The lowest BCUT2D eigenvalue weighted by Gasteiger charge is -2.32. The first kappa shape index (κ1) is 18.9. The Morgan fingerprint density at radius 1 is 1.27 bits per heavy atom. The van der Waals surface area contributed by atoms with Crippen LogP contribution in [-0.4, -0.2) is 24.3 Å². The summed E-state index contributed by atoms with van der Waals surface area (Å²) in [6, 6.07) is 1.76. The number of esters is 2. The number of benzene rings is 1. The SMILES string of the molecule is CCC12CCC(=O)C=C1c1c(cc(OCC(=O)OC(C)=O)c(Cl)c1Cl)C2. The molecule has 0 heterocycles. The van der Waals surface area contributed by atoms with Crippen LogP contribution in [0.25, 0.3) is 5.57 Å². The number of rotatable bonds is 4. The highest BCUT2D eigenvalue weighted by Gasteiger charge is 2.44. The van der Waals surface area contributed by atoms with Gasteiger partial charge in [-0.1, -0.05) is 30.1 Å². The summed E-state index contributed by atoms with van der Waals surface area (Å²) in [4.78, 5) is 34.3. The molecule has 7 heteroatoms. The molecule has 1 aromatic carbocycles. The van der Waals surface area contributed by atoms with Crippen LogP contribution in [0.5, 0.6) is 5.75 Å². The predicted molar refractivity (Wildman–Crippen MR) is 97.4 cm³/mol. The van der Waals surface area contributed by atoms with Crippen LogP contribution in [0.15, 0.2) is 12.1 Å². The lowest BCUT2D eigenvalue weighted by Crippen LogP contribution is -2.24. The van der Waals surface area contributed by atoms with E-state index in [1.807, 2.05) is 0 Å². The van der Waals surface area contributed by atoms with Crippen molar-refractivity contribution in [2.45, 2.75) is 39.5 Å². The molecule has 0 radical (unpaired) electrons. The number of hydrogen-bond acceptors (Lipinski definition) is 5. The highest BCUT2D eigenvalue weighted by molar-refractivity contribution is 6.44. The fourth-order valence-corrected chi connectivity index (χ4v) is 4.30. The summed E-state index contributed by atoms with van der Waals surface area (Å²) in [7, 11) is 0. The van der Waals surface area contributed by atoms with E-state index in [1.165, 1.54) is 0 Å². The van der Waals surface area contributed by atoms with Gasteiger partial charge in [0.05, 0.1) is 5.02 Å². The number of allylic oxidation sites excluding steroid dienone is 2. The zero-order valence-electron chi connectivity index (χ0n) is 14.5. The van der Waals surface area contributed by atoms with Crippen LogP contribution in [0.1, 0.15) is 44.2 Å². The molecule has 0 saturated heterocycles. The van der Waals surface area contributed by atoms with Gasteiger partial charge in [0.2, 0.25) is 0 Å². The monoisotopic (exact) mass is 396 g/mol. The van der Waals surface area contributed by atoms with Crippen LogP contribution in [0.3, 0.4) is 0 Å². The van der Waals surface area contributed by atoms with Gasteiger partial charge in [-0.15, -0.1) is 0 Å². The number of fused-ring (bicyclic) bond motifs is 3. The van der Waals surface area contributed by atoms with Gasteiger partial charge in [-0.05, 0) is 42.5 Å². The Kier molecular flexibility index (Phi) is 5.13. The molecule has 0 spiro atoms. The molecule has 0 N–H and O–H groups in total. The highest BCUT2D eigenvalue weighted by Crippen LogP contribution is 2.57. The molecule has 1 unspecified atom stereocenters. The standard InChI is InChI=1S/C19H18Cl2O5/c1-3-19-5-4-12(23)7-13(19)16-11(8-19)6-14(17(20)18(16)21)25-9-15(24)26-10(2)22/h6-7H,3-5,8-9H2,1-2H3. The summed E-state index contributed by atoms with van der Waals surface area (Å²) in [5, 5.41) is 0.488. The summed E-state index contributed by atoms with van der Waals surface area (Å²) in [5.74, 6) is -1.16. The Morgan fingerprint density at radius 2 is 2.00 bits per heavy atom. The Bertz CT molecular complexity index is 843. The van der Waals surface area contributed by atoms with E-state index in [0.717, 1.165) is 42.9 Å². The number of carbonyl (C=O) groups excluding carboxylic acids is 3. The van der Waals surface area contributed by atoms with E-state index in [0.29, 0.717) is 11.4 Å². The first-order chi connectivity index (χ1) is 12.3. The second-order valence-electron chi connectivity index (χ2n) is 6.63. The molecule has 1 aromatic rings. The van der Waals surface area contributed by atoms with E-state index in [-0.39, 0.29) is 22.0 Å². The van der Waals surface area contributed by atoms with Crippen molar-refractivity contribution in [3.8, 4) is 5.75 Å². The molecule has 0 aromatic heterocycles. The van der Waals surface area contributed by atoms with Crippen molar-refractivity contribution in [3.05, 3.63) is 33.3 Å². The van der Waals surface area contributed by atoms with E-state index < -0.39 is 18.5 Å². The molecule has 5 nitrogen and oxygen atoms in total. The minimum atomic E-state index is -0.808. The van der Waals surface area contributed by atoms with Gasteiger partial charge in [-0.25, -0.2) is 4.79 Å². The molecular formula is C19H18Cl2O5. The maximum absolute atomic E-state index is 11.9. The van der Waals surface area contributed by atoms with Crippen LogP contribution in [0.2, 0.25) is 10.0 Å². The topological polar surface area (TPSA) is 69.7 Å². The predicted octanol–water partition coefficient (Wildman–Crippen LogP) is 4.16. The van der Waals surface area contributed by atoms with E-state index in [1.54, 1.807) is 12.1 Å². The van der Waals surface area contributed by atoms with Gasteiger partial charge in [0, 0.05) is 24.3 Å². The molecule has 3 rings (SSSR count). The van der Waals surface area contributed by atoms with Crippen molar-refractivity contribution in [3.63, 3.8) is 0 Å². The van der Waals surface area contributed by atoms with Gasteiger partial charge < -0.3 is 9.47 Å². The molecule has 2 aliphatic carbocycles. The third-order valence-electron chi connectivity index (χ3n) is 5.06. The fraction of sp³-hybridized carbons (Fsp3) is 0.421. The number of hydrogen-bond donors (Lipinski definition) is 0. The van der Waals surface area contributed by atoms with Gasteiger partial charge in [-0.2, -0.15) is 0 Å². The van der Waals surface area contributed by atoms with Crippen LogP contribution in [-0.2, 0) is 25.5 Å². The van der Waals surface area contributed by atoms with Crippen molar-refractivity contribution in [1.82, 2.24) is 0 Å². The third kappa shape index (κ3) is 3.26. The molecule has 1 atom stereocenters. The zero-order valence-corrected chi connectivity index (χ0v) is 16.0. The van der Waals surface area contributed by atoms with E-state index in [4.69, 9.17) is 27.9 Å². The minimum absolute atomic E-state index is 0.0939. The van der Waals surface area contributed by atoms with Gasteiger partial charge in [0.25, 0.3) is 0 Å². The van der Waals surface area contributed by atoms with Crippen molar-refractivity contribution in [2.75, 3.05) is 6.61 Å². The van der Waals surface area contributed by atoms with Crippen molar-refractivity contribution < 1.29 is 23.9 Å². The summed E-state index contributed by atoms with van der Waals surface area (Å²) in [6.07, 6.45) is 4.61. The van der Waals surface area contributed by atoms with Crippen LogP contribution in [0.4, 0.5) is 0 Å². The lowest BCUT2D eigenvalue weighted by atomic mass is 9.71. The maximum atomic E-state index is 11.9. The molecule has 138 valence electrons. The van der Waals surface area contributed by atoms with Gasteiger partial charge in [0.1, 0.15) is 10.8 Å². The van der Waals surface area contributed by atoms with E-state index in [9.17, 15) is 14.4 Å². The molecule has 2 aliphatic rings. The molecule has 0 fully saturated rings. The Balaban J connectivity index is 1.95. The van der Waals surface area contributed by atoms with Crippen LogP contribution < -0.4 is 4.74 Å². The van der Waals surface area contributed by atoms with E-state index in [2.05, 4.69) is 11.7 Å². The molecule has 0 aliphatic heterocycles. The summed E-state index contributed by atoms with van der Waals surface area (Å²) in [6.45, 7) is 2.78. The number of carbonyl (C=O) groups is 3. The molecule has 0 amide bonds. The van der Waals surface area contributed by atoms with Crippen LogP contribution in [0, 0.1) is 5.41 Å². The summed E-state index contributed by atoms with van der Waals surface area (Å²) in [5.41, 5.74) is 2.57. The second kappa shape index (κ2) is 7.05. The summed E-state index contributed by atoms with van der Waals surface area (Å²) >= 11 is 12.8. The first-order valence-corrected chi connectivity index (χ1v) is 9.13. The Morgan fingerprint density at radius 3 is 2.65 bits per heavy atom. The second-order valence-corrected chi connectivity index (χ2v) is 7.38. The van der Waals surface area contributed by atoms with Crippen molar-refractivity contribution in [1.29, 1.82) is 0 Å². The smallest absolute Gasteiger partial charge is 0.351 e. The lowest BCUT2D eigenvalue weighted by molar-refractivity contribution is -0.159. The van der Waals surface area contributed by atoms with Crippen molar-refractivity contribution >= 4 is 46.5 Å². The Labute approximate surface area is 161 Å². The van der Waals surface area contributed by atoms with Gasteiger partial charge in [0.15, 0.2) is 12.4 Å². The minimum Gasteiger partial charge on any atom is -0.480 e. The number of ether oxygens (including phenoxy) is 2. The van der Waals surface area contributed by atoms with Gasteiger partial charge in [-0.3, -0.25) is 9.59 Å². The molecule has 0 saturated carbocycles. The average Bonchev–Trinajstić information content (AvgIpc) is 2.90. The highest BCUT2D eigenvalue weighted by atomic mass is 35.5. The normalized spacial score (nSPS) is 20.9. The average molecular weight is 397 g/mol. The molecule has 0 bridgehead atoms. The number of halogens is 2. The van der Waals surface area contributed by atoms with Crippen molar-refractivity contribution in [2.24, 2.45) is 5.41 Å². The summed E-state index contributed by atoms with van der Waals surface area (Å²) < 4.78 is 9.85. The molecule has 26 heavy (non-hydrogen) atoms. The maximum Gasteiger partial charge on any atom is 0.351 e. The van der Waals surface area contributed by atoms with E-state index >= 15 is 0 Å². The molecular weight excluding hydrogens is 379 g/mol. The quantitative estimate of drug-likeness (QED) is 0.564. The first-order valence-electron chi connectivity index (χ1n) is 8.37. The van der Waals surface area contributed by atoms with Gasteiger partial charge >= 0.3 is 11.9 Å². The zero-order chi connectivity index (χ0) is 19.1.